The van der Waals surface area contributed by atoms with Crippen molar-refractivity contribution in [3.63, 3.8) is 0 Å². The quantitative estimate of drug-likeness (QED) is 0.529. The minimum Gasteiger partial charge on any atom is -0.497 e. The Hall–Kier alpha value is -4.01. The number of carbonyl (C=O) groups is 3. The van der Waals surface area contributed by atoms with Crippen LogP contribution >= 0.6 is 0 Å². The van der Waals surface area contributed by atoms with Crippen LogP contribution in [-0.2, 0) is 11.3 Å². The van der Waals surface area contributed by atoms with Gasteiger partial charge in [-0.3, -0.25) is 14.4 Å². The van der Waals surface area contributed by atoms with E-state index >= 15 is 0 Å². The van der Waals surface area contributed by atoms with Crippen molar-refractivity contribution in [2.45, 2.75) is 25.4 Å². The van der Waals surface area contributed by atoms with Gasteiger partial charge in [0.25, 0.3) is 11.8 Å². The van der Waals surface area contributed by atoms with Crippen LogP contribution in [0.3, 0.4) is 0 Å². The smallest absolute Gasteiger partial charge is 0.289 e. The molecule has 9 nitrogen and oxygen atoms in total. The zero-order valence-electron chi connectivity index (χ0n) is 18.9. The fraction of sp³-hybridized carbons (Fsp3) is 0.320. The van der Waals surface area contributed by atoms with Gasteiger partial charge < -0.3 is 29.1 Å². The molecule has 4 rings (SSSR count). The lowest BCUT2D eigenvalue weighted by Crippen LogP contribution is -2.53. The molecule has 178 valence electrons. The van der Waals surface area contributed by atoms with Crippen LogP contribution in [-0.4, -0.2) is 48.9 Å². The second kappa shape index (κ2) is 10.7. The van der Waals surface area contributed by atoms with Crippen molar-refractivity contribution in [2.75, 3.05) is 20.2 Å². The number of amides is 3. The van der Waals surface area contributed by atoms with Crippen molar-refractivity contribution in [3.05, 3.63) is 78.1 Å². The molecule has 34 heavy (non-hydrogen) atoms. The second-order valence-corrected chi connectivity index (χ2v) is 8.09. The molecule has 0 unspecified atom stereocenters. The van der Waals surface area contributed by atoms with Crippen LogP contribution in [0.5, 0.6) is 5.75 Å². The first kappa shape index (κ1) is 23.2. The zero-order chi connectivity index (χ0) is 23.9. The molecule has 1 fully saturated rings. The van der Waals surface area contributed by atoms with Gasteiger partial charge in [0, 0.05) is 18.7 Å². The molecule has 1 aromatic carbocycles. The van der Waals surface area contributed by atoms with E-state index in [0.29, 0.717) is 43.0 Å². The first-order valence-corrected chi connectivity index (χ1v) is 11.1. The Balaban J connectivity index is 1.45. The second-order valence-electron chi connectivity index (χ2n) is 8.09. The molecule has 0 spiro atoms. The van der Waals surface area contributed by atoms with E-state index in [-0.39, 0.29) is 35.9 Å². The highest BCUT2D eigenvalue weighted by Crippen LogP contribution is 2.23. The van der Waals surface area contributed by atoms with Gasteiger partial charge in [0.1, 0.15) is 17.6 Å². The lowest BCUT2D eigenvalue weighted by Gasteiger charge is -2.35. The zero-order valence-corrected chi connectivity index (χ0v) is 18.9. The Morgan fingerprint density at radius 1 is 1.06 bits per heavy atom. The maximum absolute atomic E-state index is 13.1. The molecule has 3 amide bonds. The van der Waals surface area contributed by atoms with Gasteiger partial charge in [-0.1, -0.05) is 6.07 Å². The predicted octanol–water partition coefficient (Wildman–Crippen LogP) is 2.85. The summed E-state index contributed by atoms with van der Waals surface area (Å²) in [5.74, 6) is 0.461. The van der Waals surface area contributed by atoms with E-state index in [4.69, 9.17) is 13.6 Å². The van der Waals surface area contributed by atoms with Crippen molar-refractivity contribution in [1.82, 2.24) is 15.5 Å². The molecule has 9 heteroatoms. The number of nitrogens with one attached hydrogen (secondary N) is 2. The van der Waals surface area contributed by atoms with Gasteiger partial charge in [-0.2, -0.15) is 0 Å². The first-order valence-electron chi connectivity index (χ1n) is 11.1. The summed E-state index contributed by atoms with van der Waals surface area (Å²) >= 11 is 0. The number of methoxy groups -OCH3 is 1. The van der Waals surface area contributed by atoms with Crippen LogP contribution in [0.15, 0.2) is 69.9 Å². The number of piperidine rings is 1. The Bertz CT molecular complexity index is 1100. The monoisotopic (exact) mass is 465 g/mol. The number of furan rings is 2. The van der Waals surface area contributed by atoms with Crippen molar-refractivity contribution in [1.29, 1.82) is 0 Å². The number of benzene rings is 1. The fourth-order valence-electron chi connectivity index (χ4n) is 4.08. The number of hydrogen-bond acceptors (Lipinski definition) is 6. The molecule has 3 aromatic rings. The third-order valence-electron chi connectivity index (χ3n) is 5.95. The number of rotatable bonds is 8. The normalized spacial score (nSPS) is 14.9. The standard InChI is InChI=1S/C25H27N3O6/c1-32-19-6-2-5-18(15-19)23(29)27-22(24(30)26-16-20-7-3-13-33-20)17-9-11-28(12-10-17)25(31)21-8-4-14-34-21/h2-8,13-15,17,22H,9-12,16H2,1H3,(H,26,30)(H,27,29)/t22-/m1/s1. The highest BCUT2D eigenvalue weighted by Gasteiger charge is 2.34. The topological polar surface area (TPSA) is 114 Å². The molecule has 0 bridgehead atoms. The first-order chi connectivity index (χ1) is 16.5. The summed E-state index contributed by atoms with van der Waals surface area (Å²) < 4.78 is 15.7. The van der Waals surface area contributed by atoms with Gasteiger partial charge in [0.2, 0.25) is 5.91 Å². The van der Waals surface area contributed by atoms with Crippen LogP contribution in [0.25, 0.3) is 0 Å². The van der Waals surface area contributed by atoms with E-state index in [1.165, 1.54) is 19.6 Å². The van der Waals surface area contributed by atoms with Gasteiger partial charge in [-0.05, 0) is 61.2 Å². The van der Waals surface area contributed by atoms with Gasteiger partial charge in [-0.15, -0.1) is 0 Å². The largest absolute Gasteiger partial charge is 0.497 e. The van der Waals surface area contributed by atoms with Gasteiger partial charge in [-0.25, -0.2) is 0 Å². The molecule has 1 atom stereocenters. The Morgan fingerprint density at radius 2 is 1.82 bits per heavy atom. The van der Waals surface area contributed by atoms with Gasteiger partial charge >= 0.3 is 0 Å². The number of hydrogen-bond donors (Lipinski definition) is 2. The van der Waals surface area contributed by atoms with E-state index < -0.39 is 6.04 Å². The average Bonchev–Trinajstić information content (AvgIpc) is 3.60. The van der Waals surface area contributed by atoms with Crippen molar-refractivity contribution in [2.24, 2.45) is 5.92 Å². The maximum Gasteiger partial charge on any atom is 0.289 e. The molecule has 1 aliphatic heterocycles. The lowest BCUT2D eigenvalue weighted by atomic mass is 9.88. The van der Waals surface area contributed by atoms with Crippen molar-refractivity contribution < 1.29 is 28.0 Å². The SMILES string of the molecule is COc1cccc(C(=O)N[C@@H](C(=O)NCc2ccco2)C2CCN(C(=O)c3ccco3)CC2)c1. The van der Waals surface area contributed by atoms with E-state index in [1.54, 1.807) is 53.4 Å². The predicted molar refractivity (Wildman–Crippen MR) is 122 cm³/mol. The Kier molecular flexibility index (Phi) is 7.31. The molecule has 0 radical (unpaired) electrons. The van der Waals surface area contributed by atoms with Crippen molar-refractivity contribution >= 4 is 17.7 Å². The number of carbonyl (C=O) groups excluding carboxylic acids is 3. The Labute approximate surface area is 197 Å². The highest BCUT2D eigenvalue weighted by atomic mass is 16.5. The molecule has 3 heterocycles. The Morgan fingerprint density at radius 3 is 2.50 bits per heavy atom. The fourth-order valence-corrected chi connectivity index (χ4v) is 4.08. The van der Waals surface area contributed by atoms with Gasteiger partial charge in [0.05, 0.1) is 26.2 Å². The summed E-state index contributed by atoms with van der Waals surface area (Å²) in [6.07, 6.45) is 4.12. The van der Waals surface area contributed by atoms with Crippen LogP contribution in [0.2, 0.25) is 0 Å². The van der Waals surface area contributed by atoms with Crippen LogP contribution in [0, 0.1) is 5.92 Å². The number of likely N-dealkylation sites (tertiary alicyclic amines) is 1. The molecule has 0 aliphatic carbocycles. The lowest BCUT2D eigenvalue weighted by molar-refractivity contribution is -0.124. The van der Waals surface area contributed by atoms with Crippen LogP contribution < -0.4 is 15.4 Å². The van der Waals surface area contributed by atoms with Crippen LogP contribution in [0.1, 0.15) is 39.5 Å². The maximum atomic E-state index is 13.1. The molecule has 2 aromatic heterocycles. The molecular formula is C25H27N3O6. The van der Waals surface area contributed by atoms with Crippen molar-refractivity contribution in [3.8, 4) is 5.75 Å². The minimum absolute atomic E-state index is 0.146. The molecule has 0 saturated carbocycles. The summed E-state index contributed by atoms with van der Waals surface area (Å²) in [7, 11) is 1.53. The summed E-state index contributed by atoms with van der Waals surface area (Å²) in [5, 5.41) is 5.75. The third kappa shape index (κ3) is 5.48. The summed E-state index contributed by atoms with van der Waals surface area (Å²) in [6.45, 7) is 1.13. The van der Waals surface area contributed by atoms with Crippen LogP contribution in [0.4, 0.5) is 0 Å². The van der Waals surface area contributed by atoms with E-state index in [2.05, 4.69) is 10.6 Å². The summed E-state index contributed by atoms with van der Waals surface area (Å²) in [5.41, 5.74) is 0.397. The van der Waals surface area contributed by atoms with E-state index in [0.717, 1.165) is 0 Å². The summed E-state index contributed by atoms with van der Waals surface area (Å²) in [4.78, 5) is 40.4. The van der Waals surface area contributed by atoms with Gasteiger partial charge in [0.15, 0.2) is 5.76 Å². The average molecular weight is 466 g/mol. The molecular weight excluding hydrogens is 438 g/mol. The van der Waals surface area contributed by atoms with E-state index in [1.807, 2.05) is 0 Å². The van der Waals surface area contributed by atoms with E-state index in [9.17, 15) is 14.4 Å². The highest BCUT2D eigenvalue weighted by molar-refractivity contribution is 5.98. The molecule has 2 N–H and O–H groups in total. The number of ether oxygens (including phenoxy) is 1. The molecule has 1 aliphatic rings. The number of nitrogens with zero attached hydrogens (tertiary/aromatic N) is 1. The third-order valence-corrected chi connectivity index (χ3v) is 5.95. The summed E-state index contributed by atoms with van der Waals surface area (Å²) in [6, 6.07) is 12.8. The molecule has 1 saturated heterocycles. The minimum atomic E-state index is -0.769.